The first-order chi connectivity index (χ1) is 6.33. The van der Waals surface area contributed by atoms with Gasteiger partial charge in [-0.05, 0) is 13.5 Å². The number of likely N-dealkylation sites (N-methyl/N-ethyl adjacent to an activating group) is 1. The number of aromatic nitrogens is 1. The summed E-state index contributed by atoms with van der Waals surface area (Å²) in [6.45, 7) is 7.75. The van der Waals surface area contributed by atoms with Crippen LogP contribution in [0.1, 0.15) is 18.4 Å². The third kappa shape index (κ3) is 4.05. The highest BCUT2D eigenvalue weighted by atomic mass is 16.5. The van der Waals surface area contributed by atoms with E-state index in [9.17, 15) is 0 Å². The van der Waals surface area contributed by atoms with E-state index in [0.717, 1.165) is 37.6 Å². The maximum Gasteiger partial charge on any atom is 0.133 e. The van der Waals surface area contributed by atoms with Crippen molar-refractivity contribution >= 4 is 0 Å². The van der Waals surface area contributed by atoms with Crippen LogP contribution in [0.25, 0.3) is 0 Å². The molecule has 0 aliphatic heterocycles. The van der Waals surface area contributed by atoms with Crippen LogP contribution in [-0.2, 0) is 6.54 Å². The number of rotatable bonds is 6. The van der Waals surface area contributed by atoms with E-state index >= 15 is 0 Å². The summed E-state index contributed by atoms with van der Waals surface area (Å²) in [4.78, 5) is 0. The summed E-state index contributed by atoms with van der Waals surface area (Å²) in [7, 11) is 0. The van der Waals surface area contributed by atoms with Gasteiger partial charge in [-0.1, -0.05) is 12.1 Å². The van der Waals surface area contributed by atoms with Crippen molar-refractivity contribution in [3.63, 3.8) is 0 Å². The topological polar surface area (TPSA) is 50.1 Å². The molecule has 0 aromatic carbocycles. The van der Waals surface area contributed by atoms with Crippen LogP contribution in [-0.4, -0.2) is 24.8 Å². The molecule has 0 atom stereocenters. The minimum Gasteiger partial charge on any atom is -0.361 e. The second-order valence-corrected chi connectivity index (χ2v) is 2.96. The molecule has 1 aromatic heterocycles. The van der Waals surface area contributed by atoms with Gasteiger partial charge >= 0.3 is 0 Å². The number of aryl methyl sites for hydroxylation is 1. The first-order valence-corrected chi connectivity index (χ1v) is 4.66. The highest BCUT2D eigenvalue weighted by Crippen LogP contribution is 1.99. The van der Waals surface area contributed by atoms with Gasteiger partial charge in [0.1, 0.15) is 5.76 Å². The SMILES string of the molecule is CCNCCNCc1cc(C)on1. The molecule has 1 heterocycles. The van der Waals surface area contributed by atoms with E-state index in [1.54, 1.807) is 0 Å². The highest BCUT2D eigenvalue weighted by molar-refractivity contribution is 5.02. The van der Waals surface area contributed by atoms with Crippen LogP contribution in [0.4, 0.5) is 0 Å². The molecule has 0 aliphatic carbocycles. The Morgan fingerprint density at radius 2 is 2.15 bits per heavy atom. The zero-order chi connectivity index (χ0) is 9.52. The van der Waals surface area contributed by atoms with Gasteiger partial charge in [0.15, 0.2) is 0 Å². The van der Waals surface area contributed by atoms with Crippen LogP contribution < -0.4 is 10.6 Å². The normalized spacial score (nSPS) is 10.6. The summed E-state index contributed by atoms with van der Waals surface area (Å²) >= 11 is 0. The molecule has 0 bridgehead atoms. The van der Waals surface area contributed by atoms with Crippen LogP contribution in [0.2, 0.25) is 0 Å². The fraction of sp³-hybridized carbons (Fsp3) is 0.667. The quantitative estimate of drug-likeness (QED) is 0.637. The number of hydrogen-bond acceptors (Lipinski definition) is 4. The van der Waals surface area contributed by atoms with Gasteiger partial charge in [0.05, 0.1) is 5.69 Å². The van der Waals surface area contributed by atoms with Crippen molar-refractivity contribution in [3.05, 3.63) is 17.5 Å². The molecule has 0 amide bonds. The lowest BCUT2D eigenvalue weighted by atomic mass is 10.4. The molecule has 0 saturated carbocycles. The summed E-state index contributed by atoms with van der Waals surface area (Å²) in [5, 5.41) is 10.4. The molecule has 0 aliphatic rings. The summed E-state index contributed by atoms with van der Waals surface area (Å²) in [5.74, 6) is 0.864. The number of nitrogens with one attached hydrogen (secondary N) is 2. The molecule has 4 nitrogen and oxygen atoms in total. The molecule has 0 unspecified atom stereocenters. The van der Waals surface area contributed by atoms with Crippen molar-refractivity contribution in [3.8, 4) is 0 Å². The van der Waals surface area contributed by atoms with Crippen molar-refractivity contribution in [2.75, 3.05) is 19.6 Å². The molecular weight excluding hydrogens is 166 g/mol. The zero-order valence-electron chi connectivity index (χ0n) is 8.26. The Morgan fingerprint density at radius 3 is 2.77 bits per heavy atom. The number of nitrogens with zero attached hydrogens (tertiary/aromatic N) is 1. The minimum atomic E-state index is 0.780. The molecule has 1 aromatic rings. The van der Waals surface area contributed by atoms with E-state index in [1.165, 1.54) is 0 Å². The van der Waals surface area contributed by atoms with Gasteiger partial charge in [0, 0.05) is 25.7 Å². The Balaban J connectivity index is 2.06. The molecule has 0 spiro atoms. The fourth-order valence-corrected chi connectivity index (χ4v) is 1.07. The van der Waals surface area contributed by atoms with Gasteiger partial charge in [0.2, 0.25) is 0 Å². The third-order valence-electron chi connectivity index (χ3n) is 1.71. The monoisotopic (exact) mass is 183 g/mol. The molecule has 1 rings (SSSR count). The molecule has 0 fully saturated rings. The van der Waals surface area contributed by atoms with E-state index in [2.05, 4.69) is 22.7 Å². The molecule has 0 radical (unpaired) electrons. The van der Waals surface area contributed by atoms with Gasteiger partial charge in [-0.3, -0.25) is 0 Å². The Morgan fingerprint density at radius 1 is 1.38 bits per heavy atom. The zero-order valence-corrected chi connectivity index (χ0v) is 8.26. The summed E-state index contributed by atoms with van der Waals surface area (Å²) in [6, 6.07) is 1.94. The van der Waals surface area contributed by atoms with Gasteiger partial charge in [-0.15, -0.1) is 0 Å². The van der Waals surface area contributed by atoms with Crippen molar-refractivity contribution in [1.29, 1.82) is 0 Å². The van der Waals surface area contributed by atoms with Gasteiger partial charge in [0.25, 0.3) is 0 Å². The second kappa shape index (κ2) is 5.72. The van der Waals surface area contributed by atoms with Gasteiger partial charge < -0.3 is 15.2 Å². The Hall–Kier alpha value is -0.870. The molecule has 74 valence electrons. The average Bonchev–Trinajstić information content (AvgIpc) is 2.51. The maximum absolute atomic E-state index is 4.94. The fourth-order valence-electron chi connectivity index (χ4n) is 1.07. The third-order valence-corrected chi connectivity index (χ3v) is 1.71. The lowest BCUT2D eigenvalue weighted by Crippen LogP contribution is -2.26. The predicted octanol–water partition coefficient (Wildman–Crippen LogP) is 0.682. The average molecular weight is 183 g/mol. The van der Waals surface area contributed by atoms with Crippen LogP contribution in [0.5, 0.6) is 0 Å². The first kappa shape index (κ1) is 10.2. The lowest BCUT2D eigenvalue weighted by Gasteiger charge is -2.01. The van der Waals surface area contributed by atoms with E-state index in [1.807, 2.05) is 13.0 Å². The van der Waals surface area contributed by atoms with E-state index in [-0.39, 0.29) is 0 Å². The largest absolute Gasteiger partial charge is 0.361 e. The first-order valence-electron chi connectivity index (χ1n) is 4.66. The Labute approximate surface area is 78.7 Å². The van der Waals surface area contributed by atoms with E-state index < -0.39 is 0 Å². The standard InChI is InChI=1S/C9H17N3O/c1-3-10-4-5-11-7-9-6-8(2)13-12-9/h6,10-11H,3-5,7H2,1-2H3. The maximum atomic E-state index is 4.94. The number of hydrogen-bond donors (Lipinski definition) is 2. The molecule has 4 heteroatoms. The van der Waals surface area contributed by atoms with Crippen molar-refractivity contribution in [2.24, 2.45) is 0 Å². The minimum absolute atomic E-state index is 0.780. The van der Waals surface area contributed by atoms with Crippen molar-refractivity contribution < 1.29 is 4.52 Å². The molecular formula is C9H17N3O. The summed E-state index contributed by atoms with van der Waals surface area (Å²) < 4.78 is 4.94. The Bertz CT molecular complexity index is 235. The van der Waals surface area contributed by atoms with Crippen molar-refractivity contribution in [1.82, 2.24) is 15.8 Å². The van der Waals surface area contributed by atoms with E-state index in [0.29, 0.717) is 0 Å². The van der Waals surface area contributed by atoms with E-state index in [4.69, 9.17) is 4.52 Å². The van der Waals surface area contributed by atoms with Crippen LogP contribution in [0, 0.1) is 6.92 Å². The second-order valence-electron chi connectivity index (χ2n) is 2.96. The van der Waals surface area contributed by atoms with Crippen LogP contribution in [0.3, 0.4) is 0 Å². The van der Waals surface area contributed by atoms with Crippen molar-refractivity contribution in [2.45, 2.75) is 20.4 Å². The Kier molecular flexibility index (Phi) is 4.49. The molecule has 0 saturated heterocycles. The highest BCUT2D eigenvalue weighted by Gasteiger charge is 1.97. The summed E-state index contributed by atoms with van der Waals surface area (Å²) in [5.41, 5.74) is 0.967. The van der Waals surface area contributed by atoms with Crippen LogP contribution >= 0.6 is 0 Å². The summed E-state index contributed by atoms with van der Waals surface area (Å²) in [6.07, 6.45) is 0. The molecule has 13 heavy (non-hydrogen) atoms. The molecule has 2 N–H and O–H groups in total. The lowest BCUT2D eigenvalue weighted by molar-refractivity contribution is 0.388. The predicted molar refractivity (Wildman–Crippen MR) is 51.5 cm³/mol. The smallest absolute Gasteiger partial charge is 0.133 e. The van der Waals surface area contributed by atoms with Gasteiger partial charge in [-0.2, -0.15) is 0 Å². The van der Waals surface area contributed by atoms with Crippen LogP contribution in [0.15, 0.2) is 10.6 Å². The van der Waals surface area contributed by atoms with Gasteiger partial charge in [-0.25, -0.2) is 0 Å².